The van der Waals surface area contributed by atoms with E-state index in [1.165, 1.54) is 30.5 Å². The number of nitrogens with zero attached hydrogens (tertiary/aromatic N) is 3. The molecule has 3 N–H and O–H groups in total. The molecule has 0 saturated carbocycles. The summed E-state index contributed by atoms with van der Waals surface area (Å²) in [6.45, 7) is 0. The Morgan fingerprint density at radius 3 is 2.70 bits per heavy atom. The quantitative estimate of drug-likeness (QED) is 0.288. The Kier molecular flexibility index (Phi) is 3.75. The zero-order valence-electron chi connectivity index (χ0n) is 10.1. The Morgan fingerprint density at radius 1 is 1.35 bits per heavy atom. The normalized spacial score (nSPS) is 11.1. The lowest BCUT2D eigenvalue weighted by Gasteiger charge is -2.06. The van der Waals surface area contributed by atoms with Gasteiger partial charge in [0.1, 0.15) is 11.4 Å². The van der Waals surface area contributed by atoms with Gasteiger partial charge in [0, 0.05) is 6.07 Å². The summed E-state index contributed by atoms with van der Waals surface area (Å²) in [6.07, 6.45) is 1.32. The standard InChI is InChI=1S/C12H10N4O4/c13-12(15-17)9-6-5-8(7-14-9)20-11-4-2-1-3-10(11)16(18)19/h1-7,17H,(H2,13,15). The predicted molar refractivity (Wildman–Crippen MR) is 69.9 cm³/mol. The topological polar surface area (TPSA) is 124 Å². The number of oxime groups is 1. The number of ether oxygens (including phenoxy) is 1. The summed E-state index contributed by atoms with van der Waals surface area (Å²) < 4.78 is 5.39. The predicted octanol–water partition coefficient (Wildman–Crippen LogP) is 1.88. The van der Waals surface area contributed by atoms with E-state index in [2.05, 4.69) is 10.1 Å². The zero-order chi connectivity index (χ0) is 14.5. The van der Waals surface area contributed by atoms with Crippen molar-refractivity contribution in [3.63, 3.8) is 0 Å². The van der Waals surface area contributed by atoms with E-state index in [0.717, 1.165) is 0 Å². The van der Waals surface area contributed by atoms with Crippen LogP contribution in [0.3, 0.4) is 0 Å². The number of para-hydroxylation sites is 2. The van der Waals surface area contributed by atoms with Crippen LogP contribution in [0.15, 0.2) is 47.8 Å². The lowest BCUT2D eigenvalue weighted by molar-refractivity contribution is -0.385. The van der Waals surface area contributed by atoms with Crippen molar-refractivity contribution in [1.82, 2.24) is 4.98 Å². The fourth-order valence-electron chi connectivity index (χ4n) is 1.46. The number of aromatic nitrogens is 1. The van der Waals surface area contributed by atoms with Crippen LogP contribution in [0.1, 0.15) is 5.69 Å². The van der Waals surface area contributed by atoms with Crippen molar-refractivity contribution >= 4 is 11.5 Å². The van der Waals surface area contributed by atoms with Gasteiger partial charge in [-0.15, -0.1) is 0 Å². The smallest absolute Gasteiger partial charge is 0.311 e. The Labute approximate surface area is 113 Å². The van der Waals surface area contributed by atoms with Crippen LogP contribution in [0.5, 0.6) is 11.5 Å². The number of rotatable bonds is 4. The minimum absolute atomic E-state index is 0.107. The molecule has 8 heteroatoms. The van der Waals surface area contributed by atoms with Gasteiger partial charge in [-0.25, -0.2) is 4.98 Å². The molecule has 0 spiro atoms. The Balaban J connectivity index is 2.25. The average Bonchev–Trinajstić information content (AvgIpc) is 2.47. The summed E-state index contributed by atoms with van der Waals surface area (Å²) in [7, 11) is 0. The van der Waals surface area contributed by atoms with Gasteiger partial charge in [-0.05, 0) is 18.2 Å². The van der Waals surface area contributed by atoms with Crippen LogP contribution in [-0.2, 0) is 0 Å². The molecule has 0 unspecified atom stereocenters. The molecular weight excluding hydrogens is 264 g/mol. The fourth-order valence-corrected chi connectivity index (χ4v) is 1.46. The molecule has 1 aromatic heterocycles. The van der Waals surface area contributed by atoms with Gasteiger partial charge in [0.25, 0.3) is 0 Å². The van der Waals surface area contributed by atoms with Crippen molar-refractivity contribution in [2.75, 3.05) is 0 Å². The van der Waals surface area contributed by atoms with E-state index in [1.807, 2.05) is 0 Å². The highest BCUT2D eigenvalue weighted by molar-refractivity contribution is 5.95. The molecule has 102 valence electrons. The maximum Gasteiger partial charge on any atom is 0.311 e. The summed E-state index contributed by atoms with van der Waals surface area (Å²) >= 11 is 0. The highest BCUT2D eigenvalue weighted by atomic mass is 16.6. The van der Waals surface area contributed by atoms with Crippen molar-refractivity contribution < 1.29 is 14.9 Å². The van der Waals surface area contributed by atoms with E-state index in [1.54, 1.807) is 12.1 Å². The van der Waals surface area contributed by atoms with Gasteiger partial charge in [-0.2, -0.15) is 0 Å². The van der Waals surface area contributed by atoms with Gasteiger partial charge in [0.2, 0.25) is 5.75 Å². The second kappa shape index (κ2) is 5.65. The number of hydrogen-bond donors (Lipinski definition) is 2. The molecule has 8 nitrogen and oxygen atoms in total. The first-order chi connectivity index (χ1) is 9.61. The van der Waals surface area contributed by atoms with E-state index >= 15 is 0 Å². The molecule has 2 rings (SSSR count). The van der Waals surface area contributed by atoms with E-state index in [-0.39, 0.29) is 23.0 Å². The summed E-state index contributed by atoms with van der Waals surface area (Å²) in [4.78, 5) is 14.2. The number of amidine groups is 1. The van der Waals surface area contributed by atoms with Crippen LogP contribution < -0.4 is 10.5 Å². The number of hydrogen-bond acceptors (Lipinski definition) is 6. The minimum atomic E-state index is -0.534. The minimum Gasteiger partial charge on any atom is -0.449 e. The van der Waals surface area contributed by atoms with E-state index < -0.39 is 4.92 Å². The van der Waals surface area contributed by atoms with Crippen LogP contribution >= 0.6 is 0 Å². The number of benzene rings is 1. The van der Waals surface area contributed by atoms with Crippen LogP contribution in [0.25, 0.3) is 0 Å². The lowest BCUT2D eigenvalue weighted by Crippen LogP contribution is -2.14. The largest absolute Gasteiger partial charge is 0.449 e. The van der Waals surface area contributed by atoms with Gasteiger partial charge in [-0.3, -0.25) is 10.1 Å². The number of nitrogens with two attached hydrogens (primary N) is 1. The van der Waals surface area contributed by atoms with Gasteiger partial charge in [-0.1, -0.05) is 17.3 Å². The molecule has 1 aromatic carbocycles. The van der Waals surface area contributed by atoms with Gasteiger partial charge in [0.05, 0.1) is 11.1 Å². The van der Waals surface area contributed by atoms with E-state index in [4.69, 9.17) is 15.7 Å². The van der Waals surface area contributed by atoms with Gasteiger partial charge >= 0.3 is 5.69 Å². The van der Waals surface area contributed by atoms with Crippen molar-refractivity contribution in [3.8, 4) is 11.5 Å². The van der Waals surface area contributed by atoms with Crippen LogP contribution in [0.4, 0.5) is 5.69 Å². The zero-order valence-corrected chi connectivity index (χ0v) is 10.1. The summed E-state index contributed by atoms with van der Waals surface area (Å²) in [5.41, 5.74) is 5.49. The van der Waals surface area contributed by atoms with Crippen molar-refractivity contribution in [3.05, 3.63) is 58.4 Å². The van der Waals surface area contributed by atoms with Crippen molar-refractivity contribution in [1.29, 1.82) is 0 Å². The van der Waals surface area contributed by atoms with Gasteiger partial charge < -0.3 is 15.7 Å². The molecule has 0 aliphatic heterocycles. The second-order valence-electron chi connectivity index (χ2n) is 3.69. The molecule has 1 heterocycles. The molecule has 0 saturated heterocycles. The Bertz CT molecular complexity index is 655. The van der Waals surface area contributed by atoms with Gasteiger partial charge in [0.15, 0.2) is 5.84 Å². The molecule has 0 radical (unpaired) electrons. The maximum atomic E-state index is 10.8. The fraction of sp³-hybridized carbons (Fsp3) is 0. The molecule has 2 aromatic rings. The van der Waals surface area contributed by atoms with Crippen molar-refractivity contribution in [2.24, 2.45) is 10.9 Å². The molecule has 0 aliphatic carbocycles. The first-order valence-electron chi connectivity index (χ1n) is 5.47. The number of nitro groups is 1. The highest BCUT2D eigenvalue weighted by Crippen LogP contribution is 2.30. The monoisotopic (exact) mass is 274 g/mol. The molecule has 0 aliphatic rings. The Morgan fingerprint density at radius 2 is 2.10 bits per heavy atom. The molecule has 0 amide bonds. The van der Waals surface area contributed by atoms with Crippen LogP contribution in [-0.4, -0.2) is 21.0 Å². The average molecular weight is 274 g/mol. The third kappa shape index (κ3) is 2.80. The molecule has 0 bridgehead atoms. The molecule has 0 atom stereocenters. The van der Waals surface area contributed by atoms with E-state index in [0.29, 0.717) is 5.75 Å². The summed E-state index contributed by atoms with van der Waals surface area (Å²) in [5, 5.41) is 22.2. The number of pyridine rings is 1. The first kappa shape index (κ1) is 13.3. The summed E-state index contributed by atoms with van der Waals surface area (Å²) in [6, 6.07) is 8.98. The molecular formula is C12H10N4O4. The molecule has 0 fully saturated rings. The third-order valence-electron chi connectivity index (χ3n) is 2.40. The summed E-state index contributed by atoms with van der Waals surface area (Å²) in [5.74, 6) is 0.270. The first-order valence-corrected chi connectivity index (χ1v) is 5.47. The SMILES string of the molecule is N/C(=N/O)c1ccc(Oc2ccccc2[N+](=O)[O-])cn1. The van der Waals surface area contributed by atoms with E-state index in [9.17, 15) is 10.1 Å². The lowest BCUT2D eigenvalue weighted by atomic mass is 10.3. The highest BCUT2D eigenvalue weighted by Gasteiger charge is 2.14. The third-order valence-corrected chi connectivity index (χ3v) is 2.40. The van der Waals surface area contributed by atoms with Crippen LogP contribution in [0.2, 0.25) is 0 Å². The van der Waals surface area contributed by atoms with Crippen LogP contribution in [0, 0.1) is 10.1 Å². The second-order valence-corrected chi connectivity index (χ2v) is 3.69. The van der Waals surface area contributed by atoms with Crippen molar-refractivity contribution in [2.45, 2.75) is 0 Å². The Hall–Kier alpha value is -3.16. The number of nitro benzene ring substituents is 1. The molecule has 20 heavy (non-hydrogen) atoms. The maximum absolute atomic E-state index is 10.8.